The normalized spacial score (nSPS) is 22.1. The predicted molar refractivity (Wildman–Crippen MR) is 77.0 cm³/mol. The van der Waals surface area contributed by atoms with Crippen LogP contribution in [0.25, 0.3) is 0 Å². The Kier molecular flexibility index (Phi) is 3.73. The van der Waals surface area contributed by atoms with Gasteiger partial charge < -0.3 is 9.64 Å². The van der Waals surface area contributed by atoms with E-state index in [1.165, 1.54) is 0 Å². The summed E-state index contributed by atoms with van der Waals surface area (Å²) in [6.07, 6.45) is 1.17. The van der Waals surface area contributed by atoms with Crippen LogP contribution in [-0.4, -0.2) is 37.6 Å². The number of rotatable bonds is 2. The van der Waals surface area contributed by atoms with Gasteiger partial charge in [-0.15, -0.1) is 0 Å². The van der Waals surface area contributed by atoms with Gasteiger partial charge in [0.15, 0.2) is 0 Å². The number of piperidine rings is 1. The predicted octanol–water partition coefficient (Wildman–Crippen LogP) is 0.610. The summed E-state index contributed by atoms with van der Waals surface area (Å²) in [5, 5.41) is 4.54. The quantitative estimate of drug-likeness (QED) is 0.866. The third-order valence-corrected chi connectivity index (χ3v) is 5.41. The van der Waals surface area contributed by atoms with Gasteiger partial charge in [-0.05, 0) is 36.1 Å². The molecule has 1 fully saturated rings. The van der Waals surface area contributed by atoms with E-state index < -0.39 is 15.3 Å². The third-order valence-electron chi connectivity index (χ3n) is 4.10. The van der Waals surface area contributed by atoms with Crippen LogP contribution in [0.1, 0.15) is 34.3 Å². The Morgan fingerprint density at radius 3 is 2.81 bits per heavy atom. The minimum Gasteiger partial charge on any atom is -0.372 e. The number of nitrogens with two attached hydrogens (primary N) is 1. The van der Waals surface area contributed by atoms with Crippen molar-refractivity contribution in [1.29, 1.82) is 0 Å². The van der Waals surface area contributed by atoms with Crippen molar-refractivity contribution in [3.05, 3.63) is 34.9 Å². The molecule has 21 heavy (non-hydrogen) atoms. The maximum Gasteiger partial charge on any atom is 0.253 e. The van der Waals surface area contributed by atoms with Crippen molar-refractivity contribution >= 4 is 15.9 Å². The number of fused-ring (bicyclic) bond motifs is 1. The Morgan fingerprint density at radius 2 is 2.05 bits per heavy atom. The Hall–Kier alpha value is -1.44. The Bertz CT molecular complexity index is 672. The molecule has 1 saturated heterocycles. The molecule has 0 aliphatic carbocycles. The van der Waals surface area contributed by atoms with E-state index in [0.29, 0.717) is 38.2 Å². The monoisotopic (exact) mass is 310 g/mol. The number of carbonyl (C=O) groups is 1. The molecule has 3 rings (SSSR count). The van der Waals surface area contributed by atoms with Crippen molar-refractivity contribution in [2.75, 3.05) is 13.1 Å². The molecule has 1 unspecified atom stereocenters. The first-order chi connectivity index (χ1) is 9.95. The van der Waals surface area contributed by atoms with Gasteiger partial charge in [0, 0.05) is 18.7 Å². The third kappa shape index (κ3) is 2.95. The largest absolute Gasteiger partial charge is 0.372 e. The minimum atomic E-state index is -3.60. The molecule has 1 amide bonds. The summed E-state index contributed by atoms with van der Waals surface area (Å²) in [7, 11) is -3.60. The van der Waals surface area contributed by atoms with Gasteiger partial charge in [0.05, 0.1) is 18.5 Å². The highest BCUT2D eigenvalue weighted by atomic mass is 32.2. The van der Waals surface area contributed by atoms with Crippen molar-refractivity contribution in [1.82, 2.24) is 4.90 Å². The van der Waals surface area contributed by atoms with Crippen LogP contribution in [-0.2, 0) is 28.0 Å². The lowest BCUT2D eigenvalue weighted by Crippen LogP contribution is -2.47. The lowest BCUT2D eigenvalue weighted by Gasteiger charge is -2.31. The molecule has 0 saturated carbocycles. The molecule has 2 N–H and O–H groups in total. The Labute approximate surface area is 123 Å². The minimum absolute atomic E-state index is 0.141. The van der Waals surface area contributed by atoms with Crippen LogP contribution in [0.3, 0.4) is 0 Å². The molecular formula is C14H18N2O4S. The van der Waals surface area contributed by atoms with Gasteiger partial charge in [-0.2, -0.15) is 0 Å². The van der Waals surface area contributed by atoms with Gasteiger partial charge in [-0.25, -0.2) is 13.6 Å². The second-order valence-corrected chi connectivity index (χ2v) is 7.43. The van der Waals surface area contributed by atoms with Gasteiger partial charge >= 0.3 is 0 Å². The summed E-state index contributed by atoms with van der Waals surface area (Å²) in [6, 6.07) is 5.51. The summed E-state index contributed by atoms with van der Waals surface area (Å²) < 4.78 is 28.3. The van der Waals surface area contributed by atoms with Gasteiger partial charge in [0.25, 0.3) is 5.91 Å². The second kappa shape index (κ2) is 5.40. The van der Waals surface area contributed by atoms with Crippen molar-refractivity contribution in [2.45, 2.75) is 31.3 Å². The number of hydrogen-bond donors (Lipinski definition) is 1. The molecule has 0 aromatic heterocycles. The molecule has 7 heteroatoms. The van der Waals surface area contributed by atoms with Gasteiger partial charge in [-0.3, -0.25) is 4.79 Å². The summed E-state index contributed by atoms with van der Waals surface area (Å²) >= 11 is 0. The van der Waals surface area contributed by atoms with Crippen molar-refractivity contribution in [3.8, 4) is 0 Å². The molecule has 114 valence electrons. The van der Waals surface area contributed by atoms with Crippen LogP contribution in [0.5, 0.6) is 0 Å². The molecular weight excluding hydrogens is 292 g/mol. The fourth-order valence-electron chi connectivity index (χ4n) is 2.88. The zero-order valence-electron chi connectivity index (χ0n) is 11.6. The molecule has 0 bridgehead atoms. The maximum atomic E-state index is 12.5. The van der Waals surface area contributed by atoms with E-state index in [1.54, 1.807) is 11.0 Å². The molecule has 2 aliphatic rings. The van der Waals surface area contributed by atoms with Crippen LogP contribution in [0.2, 0.25) is 0 Å². The van der Waals surface area contributed by atoms with Crippen LogP contribution in [0.15, 0.2) is 18.2 Å². The second-order valence-electron chi connectivity index (χ2n) is 5.58. The first kappa shape index (κ1) is 14.5. The van der Waals surface area contributed by atoms with E-state index in [-0.39, 0.29) is 12.5 Å². The van der Waals surface area contributed by atoms with Crippen LogP contribution in [0.4, 0.5) is 0 Å². The lowest BCUT2D eigenvalue weighted by molar-refractivity contribution is 0.0727. The number of benzene rings is 1. The fraction of sp³-hybridized carbons (Fsp3) is 0.500. The molecule has 0 radical (unpaired) electrons. The standard InChI is InChI=1S/C14H18N2O4S/c15-21(18,19)13-2-1-5-16(7-13)14(17)10-3-4-11-8-20-9-12(11)6-10/h3-4,6,13H,1-2,5,7-9H2,(H2,15,18,19). The van der Waals surface area contributed by atoms with Crippen LogP contribution < -0.4 is 5.14 Å². The highest BCUT2D eigenvalue weighted by molar-refractivity contribution is 7.89. The number of ether oxygens (including phenoxy) is 1. The number of likely N-dealkylation sites (tertiary alicyclic amines) is 1. The van der Waals surface area contributed by atoms with Crippen molar-refractivity contribution in [3.63, 3.8) is 0 Å². The lowest BCUT2D eigenvalue weighted by atomic mass is 10.0. The van der Waals surface area contributed by atoms with Gasteiger partial charge in [0.2, 0.25) is 10.0 Å². The highest BCUT2D eigenvalue weighted by Gasteiger charge is 2.31. The van der Waals surface area contributed by atoms with E-state index in [4.69, 9.17) is 9.88 Å². The summed E-state index contributed by atoms with van der Waals surface area (Å²) in [6.45, 7) is 1.85. The average Bonchev–Trinajstić information content (AvgIpc) is 2.93. The smallest absolute Gasteiger partial charge is 0.253 e. The average molecular weight is 310 g/mol. The number of nitrogens with zero attached hydrogens (tertiary/aromatic N) is 1. The Morgan fingerprint density at radius 1 is 1.29 bits per heavy atom. The van der Waals surface area contributed by atoms with Crippen LogP contribution in [0, 0.1) is 0 Å². The van der Waals surface area contributed by atoms with Gasteiger partial charge in [0.1, 0.15) is 0 Å². The van der Waals surface area contributed by atoms with E-state index in [2.05, 4.69) is 0 Å². The number of amides is 1. The molecule has 1 aromatic rings. The van der Waals surface area contributed by atoms with Crippen molar-refractivity contribution < 1.29 is 17.9 Å². The summed E-state index contributed by atoms with van der Waals surface area (Å²) in [5.41, 5.74) is 2.71. The van der Waals surface area contributed by atoms with E-state index in [0.717, 1.165) is 11.1 Å². The molecule has 2 aliphatic heterocycles. The zero-order valence-corrected chi connectivity index (χ0v) is 12.4. The maximum absolute atomic E-state index is 12.5. The van der Waals surface area contributed by atoms with E-state index in [9.17, 15) is 13.2 Å². The molecule has 6 nitrogen and oxygen atoms in total. The van der Waals surface area contributed by atoms with Crippen molar-refractivity contribution in [2.24, 2.45) is 5.14 Å². The van der Waals surface area contributed by atoms with Gasteiger partial charge in [-0.1, -0.05) is 6.07 Å². The Balaban J connectivity index is 1.79. The fourth-order valence-corrected chi connectivity index (χ4v) is 3.76. The number of carbonyl (C=O) groups excluding carboxylic acids is 1. The zero-order chi connectivity index (χ0) is 15.0. The summed E-state index contributed by atoms with van der Waals surface area (Å²) in [5.74, 6) is -0.141. The topological polar surface area (TPSA) is 89.7 Å². The molecule has 2 heterocycles. The first-order valence-corrected chi connectivity index (χ1v) is 8.56. The first-order valence-electron chi connectivity index (χ1n) is 6.95. The summed E-state index contributed by atoms with van der Waals surface area (Å²) in [4.78, 5) is 14.1. The number of sulfonamides is 1. The number of primary sulfonamides is 1. The van der Waals surface area contributed by atoms with E-state index >= 15 is 0 Å². The molecule has 1 atom stereocenters. The van der Waals surface area contributed by atoms with Crippen LogP contribution >= 0.6 is 0 Å². The SMILES string of the molecule is NS(=O)(=O)C1CCCN(C(=O)c2ccc3c(c2)COC3)C1. The highest BCUT2D eigenvalue weighted by Crippen LogP contribution is 2.23. The molecule has 1 aromatic carbocycles. The van der Waals surface area contributed by atoms with E-state index in [1.807, 2.05) is 12.1 Å². The number of hydrogen-bond acceptors (Lipinski definition) is 4. The molecule has 0 spiro atoms.